The zero-order valence-electron chi connectivity index (χ0n) is 11.2. The highest BCUT2D eigenvalue weighted by molar-refractivity contribution is 7.91. The Kier molecular flexibility index (Phi) is 4.00. The van der Waals surface area contributed by atoms with Crippen molar-refractivity contribution >= 4 is 43.9 Å². The molecule has 0 N–H and O–H groups in total. The van der Waals surface area contributed by atoms with Crippen molar-refractivity contribution in [1.29, 1.82) is 0 Å². The Balaban J connectivity index is 2.26. The summed E-state index contributed by atoms with van der Waals surface area (Å²) in [6.45, 7) is 0. The lowest BCUT2D eigenvalue weighted by molar-refractivity contribution is 0.567. The summed E-state index contributed by atoms with van der Waals surface area (Å²) in [5.74, 6) is -2.00. The summed E-state index contributed by atoms with van der Waals surface area (Å²) < 4.78 is 51.8. The maximum Gasteiger partial charge on any atom is 0.209 e. The lowest BCUT2D eigenvalue weighted by atomic mass is 10.2. The highest BCUT2D eigenvalue weighted by atomic mass is 35.5. The maximum atomic E-state index is 13.3. The topological polar surface area (TPSA) is 47.0 Å². The molecule has 0 aliphatic heterocycles. The van der Waals surface area contributed by atoms with Crippen LogP contribution in [0.5, 0.6) is 0 Å². The van der Waals surface area contributed by atoms with Gasteiger partial charge in [0.2, 0.25) is 9.84 Å². The normalized spacial score (nSPS) is 11.8. The molecule has 0 aliphatic carbocycles. The molecule has 0 atom stereocenters. The average molecular weight is 374 g/mol. The number of rotatable bonds is 2. The van der Waals surface area contributed by atoms with Crippen LogP contribution >= 0.6 is 23.2 Å². The molecule has 0 saturated carbocycles. The van der Waals surface area contributed by atoms with Gasteiger partial charge in [-0.2, -0.15) is 0 Å². The second-order valence-corrected chi connectivity index (χ2v) is 7.44. The Bertz CT molecular complexity index is 1020. The first-order chi connectivity index (χ1) is 10.8. The molecule has 1 heterocycles. The highest BCUT2D eigenvalue weighted by Crippen LogP contribution is 2.33. The van der Waals surface area contributed by atoms with Crippen LogP contribution in [0.3, 0.4) is 0 Å². The van der Waals surface area contributed by atoms with Crippen LogP contribution in [0, 0.1) is 11.6 Å². The SMILES string of the molecule is O=S(=O)(c1cc(F)cc(F)c1)c1cnc2cc(Cl)ccc2c1Cl. The van der Waals surface area contributed by atoms with E-state index >= 15 is 0 Å². The predicted molar refractivity (Wildman–Crippen MR) is 83.6 cm³/mol. The molecule has 0 aliphatic rings. The minimum atomic E-state index is -4.22. The van der Waals surface area contributed by atoms with Crippen molar-refractivity contribution in [3.8, 4) is 0 Å². The summed E-state index contributed by atoms with van der Waals surface area (Å²) in [5, 5.41) is 0.703. The molecule has 0 unspecified atom stereocenters. The van der Waals surface area contributed by atoms with E-state index in [1.54, 1.807) is 0 Å². The molecule has 8 heteroatoms. The van der Waals surface area contributed by atoms with Gasteiger partial charge in [-0.1, -0.05) is 23.2 Å². The van der Waals surface area contributed by atoms with E-state index in [9.17, 15) is 17.2 Å². The smallest absolute Gasteiger partial charge is 0.209 e. The van der Waals surface area contributed by atoms with Crippen LogP contribution in [0.25, 0.3) is 10.9 Å². The van der Waals surface area contributed by atoms with Crippen molar-refractivity contribution in [2.45, 2.75) is 9.79 Å². The molecule has 0 fully saturated rings. The van der Waals surface area contributed by atoms with Crippen molar-refractivity contribution in [3.63, 3.8) is 0 Å². The standard InChI is InChI=1S/C15H7Cl2F2NO2S/c16-8-1-2-12-13(3-8)20-7-14(15(12)17)23(21,22)11-5-9(18)4-10(19)6-11/h1-7H. The molecule has 0 spiro atoms. The number of pyridine rings is 1. The summed E-state index contributed by atoms with van der Waals surface area (Å²) in [4.78, 5) is 3.13. The molecule has 0 bridgehead atoms. The van der Waals surface area contributed by atoms with E-state index in [1.165, 1.54) is 18.2 Å². The summed E-state index contributed by atoms with van der Waals surface area (Å²) >= 11 is 12.0. The van der Waals surface area contributed by atoms with Gasteiger partial charge in [-0.25, -0.2) is 17.2 Å². The summed E-state index contributed by atoms with van der Waals surface area (Å²) in [7, 11) is -4.22. The van der Waals surface area contributed by atoms with Crippen LogP contribution in [0.2, 0.25) is 10.0 Å². The van der Waals surface area contributed by atoms with Gasteiger partial charge in [-0.15, -0.1) is 0 Å². The molecule has 3 nitrogen and oxygen atoms in total. The number of sulfone groups is 1. The second kappa shape index (κ2) is 5.70. The first-order valence-electron chi connectivity index (χ1n) is 6.24. The highest BCUT2D eigenvalue weighted by Gasteiger charge is 2.24. The molecule has 0 amide bonds. The molecule has 3 aromatic rings. The van der Waals surface area contributed by atoms with E-state index < -0.39 is 26.4 Å². The van der Waals surface area contributed by atoms with Crippen molar-refractivity contribution in [2.75, 3.05) is 0 Å². The molecule has 23 heavy (non-hydrogen) atoms. The number of halogens is 4. The van der Waals surface area contributed by atoms with E-state index in [0.717, 1.165) is 18.3 Å². The third kappa shape index (κ3) is 2.89. The summed E-state index contributed by atoms with van der Waals surface area (Å²) in [6.07, 6.45) is 1.04. The van der Waals surface area contributed by atoms with E-state index in [-0.39, 0.29) is 9.92 Å². The van der Waals surface area contributed by atoms with Crippen LogP contribution in [0.1, 0.15) is 0 Å². The Morgan fingerprint density at radius 2 is 1.61 bits per heavy atom. The van der Waals surface area contributed by atoms with Crippen molar-refractivity contribution in [1.82, 2.24) is 4.98 Å². The lowest BCUT2D eigenvalue weighted by Gasteiger charge is -2.09. The van der Waals surface area contributed by atoms with Gasteiger partial charge in [0.05, 0.1) is 15.4 Å². The molecule has 0 saturated heterocycles. The van der Waals surface area contributed by atoms with Crippen LogP contribution in [-0.4, -0.2) is 13.4 Å². The fourth-order valence-electron chi connectivity index (χ4n) is 2.11. The van der Waals surface area contributed by atoms with Gasteiger partial charge in [-0.05, 0) is 30.3 Å². The number of fused-ring (bicyclic) bond motifs is 1. The minimum absolute atomic E-state index is 0.0867. The molecule has 1 aromatic heterocycles. The average Bonchev–Trinajstić information content (AvgIpc) is 2.46. The Morgan fingerprint density at radius 1 is 0.957 bits per heavy atom. The first kappa shape index (κ1) is 16.1. The van der Waals surface area contributed by atoms with E-state index in [4.69, 9.17) is 23.2 Å². The fraction of sp³-hybridized carbons (Fsp3) is 0. The fourth-order valence-corrected chi connectivity index (χ4v) is 4.12. The number of aromatic nitrogens is 1. The van der Waals surface area contributed by atoms with Crippen molar-refractivity contribution in [2.24, 2.45) is 0 Å². The molecule has 118 valence electrons. The van der Waals surface area contributed by atoms with Crippen molar-refractivity contribution in [3.05, 3.63) is 64.3 Å². The quantitative estimate of drug-likeness (QED) is 0.656. The summed E-state index contributed by atoms with van der Waals surface area (Å²) in [6, 6.07) is 6.62. The number of hydrogen-bond donors (Lipinski definition) is 0. The van der Waals surface area contributed by atoms with Crippen LogP contribution in [-0.2, 0) is 9.84 Å². The van der Waals surface area contributed by atoms with Crippen LogP contribution in [0.15, 0.2) is 52.4 Å². The Morgan fingerprint density at radius 3 is 2.26 bits per heavy atom. The minimum Gasteiger partial charge on any atom is -0.255 e. The van der Waals surface area contributed by atoms with E-state index in [0.29, 0.717) is 22.0 Å². The third-order valence-electron chi connectivity index (χ3n) is 3.17. The van der Waals surface area contributed by atoms with Crippen molar-refractivity contribution < 1.29 is 17.2 Å². The van der Waals surface area contributed by atoms with Gasteiger partial charge in [0.25, 0.3) is 0 Å². The molecule has 0 radical (unpaired) electrons. The van der Waals surface area contributed by atoms with Gasteiger partial charge in [-0.3, -0.25) is 4.98 Å². The molecular weight excluding hydrogens is 367 g/mol. The molecule has 2 aromatic carbocycles. The molecule has 3 rings (SSSR count). The first-order valence-corrected chi connectivity index (χ1v) is 8.48. The third-order valence-corrected chi connectivity index (χ3v) is 5.67. The van der Waals surface area contributed by atoms with Gasteiger partial charge in [0.1, 0.15) is 16.5 Å². The lowest BCUT2D eigenvalue weighted by Crippen LogP contribution is -2.05. The maximum absolute atomic E-state index is 13.3. The number of benzene rings is 2. The van der Waals surface area contributed by atoms with Gasteiger partial charge >= 0.3 is 0 Å². The largest absolute Gasteiger partial charge is 0.255 e. The van der Waals surface area contributed by atoms with Crippen LogP contribution < -0.4 is 0 Å². The Hall–Kier alpha value is -1.76. The number of hydrogen-bond acceptors (Lipinski definition) is 3. The van der Waals surface area contributed by atoms with E-state index in [1.807, 2.05) is 0 Å². The summed E-state index contributed by atoms with van der Waals surface area (Å²) in [5.41, 5.74) is 0.409. The number of nitrogens with zero attached hydrogens (tertiary/aromatic N) is 1. The predicted octanol–water partition coefficient (Wildman–Crippen LogP) is 4.65. The van der Waals surface area contributed by atoms with Crippen LogP contribution in [0.4, 0.5) is 8.78 Å². The van der Waals surface area contributed by atoms with E-state index in [2.05, 4.69) is 4.98 Å². The monoisotopic (exact) mass is 373 g/mol. The second-order valence-electron chi connectivity index (χ2n) is 4.71. The zero-order chi connectivity index (χ0) is 16.8. The van der Waals surface area contributed by atoms with Gasteiger partial charge < -0.3 is 0 Å². The Labute approximate surface area is 140 Å². The zero-order valence-corrected chi connectivity index (χ0v) is 13.6. The van der Waals surface area contributed by atoms with Gasteiger partial charge in [0.15, 0.2) is 0 Å². The molecular formula is C15H7Cl2F2NO2S. The van der Waals surface area contributed by atoms with Gasteiger partial charge in [0, 0.05) is 22.7 Å².